The number of carbonyl (C=O) groups excluding carboxylic acids is 2. The Labute approximate surface area is 234 Å². The lowest BCUT2D eigenvalue weighted by molar-refractivity contribution is -0.139. The van der Waals surface area contributed by atoms with E-state index in [1.54, 1.807) is 43.3 Å². The third-order valence-electron chi connectivity index (χ3n) is 6.08. The van der Waals surface area contributed by atoms with Crippen LogP contribution in [0.4, 0.5) is 5.69 Å². The molecule has 1 N–H and O–H groups in total. The van der Waals surface area contributed by atoms with E-state index in [1.165, 1.54) is 17.0 Å². The molecule has 38 heavy (non-hydrogen) atoms. The second-order valence-corrected chi connectivity index (χ2v) is 12.2. The molecule has 3 rings (SSSR count). The standard InChI is InChI=1S/C29H34BrN3O4S/c1-21(2)31-29(35)23(4)32(19-18-24-8-6-5-7-9-24)28(34)20-33(26-14-12-25(30)13-15-26)38(36,37)27-16-10-22(3)11-17-27/h5-17,21,23H,18-20H2,1-4H3,(H,31,35). The average molecular weight is 601 g/mol. The van der Waals surface area contributed by atoms with Crippen LogP contribution in [0.3, 0.4) is 0 Å². The lowest BCUT2D eigenvalue weighted by atomic mass is 10.1. The molecule has 0 aliphatic rings. The third-order valence-corrected chi connectivity index (χ3v) is 8.40. The number of halogens is 1. The monoisotopic (exact) mass is 599 g/mol. The van der Waals surface area contributed by atoms with Crippen molar-refractivity contribution in [3.8, 4) is 0 Å². The van der Waals surface area contributed by atoms with Crippen LogP contribution in [0.2, 0.25) is 0 Å². The molecule has 1 unspecified atom stereocenters. The van der Waals surface area contributed by atoms with E-state index >= 15 is 0 Å². The van der Waals surface area contributed by atoms with Crippen molar-refractivity contribution >= 4 is 43.5 Å². The maximum Gasteiger partial charge on any atom is 0.264 e. The molecule has 0 radical (unpaired) electrons. The number of hydrogen-bond acceptors (Lipinski definition) is 4. The van der Waals surface area contributed by atoms with Crippen LogP contribution in [0.25, 0.3) is 0 Å². The van der Waals surface area contributed by atoms with Crippen LogP contribution in [-0.4, -0.2) is 50.3 Å². The molecule has 0 aliphatic heterocycles. The van der Waals surface area contributed by atoms with E-state index in [4.69, 9.17) is 0 Å². The van der Waals surface area contributed by atoms with Crippen LogP contribution in [-0.2, 0) is 26.0 Å². The molecule has 0 aromatic heterocycles. The molecular weight excluding hydrogens is 566 g/mol. The van der Waals surface area contributed by atoms with Gasteiger partial charge in [-0.25, -0.2) is 8.42 Å². The number of aryl methyl sites for hydroxylation is 1. The van der Waals surface area contributed by atoms with E-state index in [0.717, 1.165) is 19.9 Å². The van der Waals surface area contributed by atoms with Gasteiger partial charge in [0.05, 0.1) is 10.6 Å². The smallest absolute Gasteiger partial charge is 0.264 e. The van der Waals surface area contributed by atoms with Crippen molar-refractivity contribution in [1.82, 2.24) is 10.2 Å². The maximum atomic E-state index is 13.8. The Morgan fingerprint density at radius 2 is 1.50 bits per heavy atom. The number of anilines is 1. The number of nitrogens with zero attached hydrogens (tertiary/aromatic N) is 2. The lowest BCUT2D eigenvalue weighted by Gasteiger charge is -2.32. The number of carbonyl (C=O) groups is 2. The van der Waals surface area contributed by atoms with Crippen molar-refractivity contribution in [3.63, 3.8) is 0 Å². The Bertz CT molecular complexity index is 1330. The molecule has 202 valence electrons. The van der Waals surface area contributed by atoms with E-state index in [9.17, 15) is 18.0 Å². The highest BCUT2D eigenvalue weighted by atomic mass is 79.9. The molecule has 7 nitrogen and oxygen atoms in total. The fraction of sp³-hybridized carbons (Fsp3) is 0.310. The molecule has 0 fully saturated rings. The van der Waals surface area contributed by atoms with Crippen molar-refractivity contribution in [2.24, 2.45) is 0 Å². The summed E-state index contributed by atoms with van der Waals surface area (Å²) in [6, 6.07) is 22.0. The van der Waals surface area contributed by atoms with Crippen molar-refractivity contribution in [2.45, 2.75) is 51.1 Å². The quantitative estimate of drug-likeness (QED) is 0.338. The number of rotatable bonds is 11. The maximum absolute atomic E-state index is 13.8. The summed E-state index contributed by atoms with van der Waals surface area (Å²) in [6.07, 6.45) is 0.523. The van der Waals surface area contributed by atoms with E-state index in [-0.39, 0.29) is 23.4 Å². The van der Waals surface area contributed by atoms with Gasteiger partial charge in [-0.3, -0.25) is 13.9 Å². The summed E-state index contributed by atoms with van der Waals surface area (Å²) in [5, 5.41) is 2.86. The van der Waals surface area contributed by atoms with Crippen molar-refractivity contribution in [2.75, 3.05) is 17.4 Å². The predicted molar refractivity (Wildman–Crippen MR) is 154 cm³/mol. The Morgan fingerprint density at radius 1 is 0.895 bits per heavy atom. The van der Waals surface area contributed by atoms with Gasteiger partial charge in [-0.2, -0.15) is 0 Å². The molecule has 3 aromatic carbocycles. The number of benzene rings is 3. The summed E-state index contributed by atoms with van der Waals surface area (Å²) in [5.74, 6) is -0.760. The first-order chi connectivity index (χ1) is 18.0. The van der Waals surface area contributed by atoms with Crippen LogP contribution in [0, 0.1) is 6.92 Å². The summed E-state index contributed by atoms with van der Waals surface area (Å²) >= 11 is 3.38. The second-order valence-electron chi connectivity index (χ2n) is 9.46. The van der Waals surface area contributed by atoms with Gasteiger partial charge in [0.25, 0.3) is 10.0 Å². The number of sulfonamides is 1. The van der Waals surface area contributed by atoms with Gasteiger partial charge >= 0.3 is 0 Å². The fourth-order valence-electron chi connectivity index (χ4n) is 3.95. The van der Waals surface area contributed by atoms with E-state index in [1.807, 2.05) is 51.1 Å². The van der Waals surface area contributed by atoms with Crippen molar-refractivity contribution < 1.29 is 18.0 Å². The molecule has 3 aromatic rings. The second kappa shape index (κ2) is 13.1. The van der Waals surface area contributed by atoms with Gasteiger partial charge in [0.1, 0.15) is 12.6 Å². The Kier molecular flexibility index (Phi) is 10.1. The zero-order valence-corrected chi connectivity index (χ0v) is 24.5. The summed E-state index contributed by atoms with van der Waals surface area (Å²) < 4.78 is 29.4. The molecule has 0 saturated carbocycles. The normalized spacial score (nSPS) is 12.2. The summed E-state index contributed by atoms with van der Waals surface area (Å²) in [6.45, 7) is 7.05. The Balaban J connectivity index is 1.97. The highest BCUT2D eigenvalue weighted by molar-refractivity contribution is 9.10. The van der Waals surface area contributed by atoms with E-state index in [2.05, 4.69) is 21.2 Å². The van der Waals surface area contributed by atoms with Gasteiger partial charge in [-0.1, -0.05) is 64.0 Å². The molecule has 9 heteroatoms. The molecule has 0 aliphatic carbocycles. The van der Waals surface area contributed by atoms with Crippen molar-refractivity contribution in [3.05, 3.63) is 94.5 Å². The number of hydrogen-bond donors (Lipinski definition) is 1. The first-order valence-corrected chi connectivity index (χ1v) is 14.7. The van der Waals surface area contributed by atoms with Crippen LogP contribution >= 0.6 is 15.9 Å². The van der Waals surface area contributed by atoms with Gasteiger partial charge in [0.15, 0.2) is 0 Å². The first kappa shape index (κ1) is 29.4. The Morgan fingerprint density at radius 3 is 2.08 bits per heavy atom. The molecule has 1 atom stereocenters. The summed E-state index contributed by atoms with van der Waals surface area (Å²) in [5.41, 5.74) is 2.29. The van der Waals surface area contributed by atoms with Gasteiger partial charge < -0.3 is 10.2 Å². The van der Waals surface area contributed by atoms with Crippen LogP contribution in [0.15, 0.2) is 88.2 Å². The van der Waals surface area contributed by atoms with E-state index < -0.39 is 28.5 Å². The molecule has 2 amide bonds. The van der Waals surface area contributed by atoms with Gasteiger partial charge in [-0.05, 0) is 76.1 Å². The minimum absolute atomic E-state index is 0.0836. The fourth-order valence-corrected chi connectivity index (χ4v) is 5.63. The number of nitrogens with one attached hydrogen (secondary N) is 1. The topological polar surface area (TPSA) is 86.8 Å². The third kappa shape index (κ3) is 7.68. The largest absolute Gasteiger partial charge is 0.352 e. The van der Waals surface area contributed by atoms with Crippen LogP contribution < -0.4 is 9.62 Å². The molecule has 0 bridgehead atoms. The van der Waals surface area contributed by atoms with Crippen molar-refractivity contribution in [1.29, 1.82) is 0 Å². The molecule has 0 spiro atoms. The highest BCUT2D eigenvalue weighted by Crippen LogP contribution is 2.26. The van der Waals surface area contributed by atoms with Crippen LogP contribution in [0.5, 0.6) is 0 Å². The summed E-state index contributed by atoms with van der Waals surface area (Å²) in [7, 11) is -4.07. The van der Waals surface area contributed by atoms with Gasteiger partial charge in [0.2, 0.25) is 11.8 Å². The zero-order chi connectivity index (χ0) is 27.9. The Hall–Kier alpha value is -3.17. The van der Waals surface area contributed by atoms with Gasteiger partial charge in [-0.15, -0.1) is 0 Å². The highest BCUT2D eigenvalue weighted by Gasteiger charge is 2.32. The summed E-state index contributed by atoms with van der Waals surface area (Å²) in [4.78, 5) is 28.3. The lowest BCUT2D eigenvalue weighted by Crippen LogP contribution is -2.53. The SMILES string of the molecule is Cc1ccc(S(=O)(=O)N(CC(=O)N(CCc2ccccc2)C(C)C(=O)NC(C)C)c2ccc(Br)cc2)cc1. The van der Waals surface area contributed by atoms with Crippen LogP contribution in [0.1, 0.15) is 31.9 Å². The molecule has 0 heterocycles. The minimum Gasteiger partial charge on any atom is -0.352 e. The average Bonchev–Trinajstić information content (AvgIpc) is 2.88. The molecular formula is C29H34BrN3O4S. The minimum atomic E-state index is -4.07. The zero-order valence-electron chi connectivity index (χ0n) is 22.1. The van der Waals surface area contributed by atoms with E-state index in [0.29, 0.717) is 12.1 Å². The van der Waals surface area contributed by atoms with Gasteiger partial charge in [0, 0.05) is 17.1 Å². The number of amides is 2. The molecule has 0 saturated heterocycles. The first-order valence-electron chi connectivity index (χ1n) is 12.5. The predicted octanol–water partition coefficient (Wildman–Crippen LogP) is 4.94.